The van der Waals surface area contributed by atoms with E-state index in [1.807, 2.05) is 37.8 Å². The number of nitrogens with zero attached hydrogens (tertiary/aromatic N) is 7. The maximum Gasteiger partial charge on any atom is 0.416 e. The van der Waals surface area contributed by atoms with Gasteiger partial charge in [0.15, 0.2) is 5.82 Å². The van der Waals surface area contributed by atoms with E-state index < -0.39 is 11.7 Å². The predicted molar refractivity (Wildman–Crippen MR) is 107 cm³/mol. The molecule has 7 nitrogen and oxygen atoms in total. The van der Waals surface area contributed by atoms with Crippen molar-refractivity contribution in [3.63, 3.8) is 0 Å². The van der Waals surface area contributed by atoms with Crippen LogP contribution in [-0.2, 0) is 6.18 Å². The van der Waals surface area contributed by atoms with Crippen LogP contribution in [0.15, 0.2) is 30.5 Å². The van der Waals surface area contributed by atoms with Crippen molar-refractivity contribution >= 4 is 11.6 Å². The Morgan fingerprint density at radius 2 is 1.47 bits per heavy atom. The highest BCUT2D eigenvalue weighted by atomic mass is 19.4. The minimum Gasteiger partial charge on any atom is -0.353 e. The fraction of sp³-hybridized carbons (Fsp3) is 0.400. The minimum absolute atomic E-state index is 0.340. The first kappa shape index (κ1) is 20.1. The van der Waals surface area contributed by atoms with Gasteiger partial charge in [-0.1, -0.05) is 0 Å². The lowest BCUT2D eigenvalue weighted by molar-refractivity contribution is -0.137. The molecule has 0 bridgehead atoms. The van der Waals surface area contributed by atoms with Crippen LogP contribution in [-0.4, -0.2) is 50.9 Å². The van der Waals surface area contributed by atoms with Gasteiger partial charge in [-0.05, 0) is 39.0 Å². The Labute approximate surface area is 172 Å². The van der Waals surface area contributed by atoms with E-state index in [4.69, 9.17) is 0 Å². The number of aryl methyl sites for hydroxylation is 3. The third-order valence-corrected chi connectivity index (χ3v) is 5.04. The molecule has 4 rings (SSSR count). The summed E-state index contributed by atoms with van der Waals surface area (Å²) < 4.78 is 40.8. The average Bonchev–Trinajstić information content (AvgIpc) is 3.05. The molecule has 0 amide bonds. The van der Waals surface area contributed by atoms with Crippen LogP contribution >= 0.6 is 0 Å². The summed E-state index contributed by atoms with van der Waals surface area (Å²) in [5, 5.41) is 4.49. The van der Waals surface area contributed by atoms with Crippen LogP contribution in [0.3, 0.4) is 0 Å². The highest BCUT2D eigenvalue weighted by Crippen LogP contribution is 2.31. The van der Waals surface area contributed by atoms with Gasteiger partial charge in [0.1, 0.15) is 17.5 Å². The number of rotatable bonds is 3. The Hall–Kier alpha value is -3.17. The zero-order valence-corrected chi connectivity index (χ0v) is 17.0. The van der Waals surface area contributed by atoms with Crippen LogP contribution < -0.4 is 9.80 Å². The number of anilines is 2. The molecule has 0 unspecified atom stereocenters. The lowest BCUT2D eigenvalue weighted by atomic mass is 10.2. The van der Waals surface area contributed by atoms with Crippen molar-refractivity contribution in [2.75, 3.05) is 36.0 Å². The van der Waals surface area contributed by atoms with Gasteiger partial charge in [0.25, 0.3) is 0 Å². The van der Waals surface area contributed by atoms with E-state index in [2.05, 4.69) is 25.0 Å². The van der Waals surface area contributed by atoms with Gasteiger partial charge in [0.2, 0.25) is 0 Å². The van der Waals surface area contributed by atoms with Crippen molar-refractivity contribution in [2.45, 2.75) is 26.9 Å². The van der Waals surface area contributed by atoms with Gasteiger partial charge < -0.3 is 9.80 Å². The summed E-state index contributed by atoms with van der Waals surface area (Å²) in [5.41, 5.74) is 1.21. The zero-order chi connectivity index (χ0) is 21.5. The second kappa shape index (κ2) is 7.58. The lowest BCUT2D eigenvalue weighted by Crippen LogP contribution is -2.47. The molecule has 1 saturated heterocycles. The molecular formula is C20H22F3N7. The van der Waals surface area contributed by atoms with Crippen LogP contribution in [0, 0.1) is 20.8 Å². The van der Waals surface area contributed by atoms with Crippen molar-refractivity contribution in [3.05, 3.63) is 53.2 Å². The van der Waals surface area contributed by atoms with E-state index in [1.54, 1.807) is 4.68 Å². The van der Waals surface area contributed by atoms with E-state index in [9.17, 15) is 13.2 Å². The van der Waals surface area contributed by atoms with E-state index in [0.29, 0.717) is 43.6 Å². The minimum atomic E-state index is -4.38. The van der Waals surface area contributed by atoms with E-state index >= 15 is 0 Å². The van der Waals surface area contributed by atoms with Gasteiger partial charge in [-0.15, -0.1) is 0 Å². The van der Waals surface area contributed by atoms with Gasteiger partial charge in [-0.25, -0.2) is 19.6 Å². The molecule has 3 aromatic heterocycles. The number of hydrogen-bond acceptors (Lipinski definition) is 6. The SMILES string of the molecule is Cc1cc(C)n(-c2cc(N3CCN(c4cc(C(F)(F)F)ccn4)CC3)nc(C)n2)n1. The van der Waals surface area contributed by atoms with Gasteiger partial charge in [-0.3, -0.25) is 0 Å². The standard InChI is InChI=1S/C20H22F3N7/c1-13-10-14(2)30(27-13)19-12-18(25-15(3)26-19)29-8-6-28(7-9-29)17-11-16(4-5-24-17)20(21,22)23/h4-5,10-12H,6-9H2,1-3H3. The quantitative estimate of drug-likeness (QED) is 0.652. The van der Waals surface area contributed by atoms with Crippen molar-refractivity contribution in [1.29, 1.82) is 0 Å². The van der Waals surface area contributed by atoms with Gasteiger partial charge in [-0.2, -0.15) is 18.3 Å². The van der Waals surface area contributed by atoms with Gasteiger partial charge in [0, 0.05) is 44.1 Å². The predicted octanol–water partition coefficient (Wildman–Crippen LogP) is 3.33. The van der Waals surface area contributed by atoms with Crippen molar-refractivity contribution in [3.8, 4) is 5.82 Å². The topological polar surface area (TPSA) is 63.0 Å². The number of alkyl halides is 3. The van der Waals surface area contributed by atoms with Crippen LogP contribution in [0.4, 0.5) is 24.8 Å². The molecule has 1 aliphatic heterocycles. The smallest absolute Gasteiger partial charge is 0.353 e. The lowest BCUT2D eigenvalue weighted by Gasteiger charge is -2.36. The van der Waals surface area contributed by atoms with Crippen molar-refractivity contribution < 1.29 is 13.2 Å². The number of piperazine rings is 1. The van der Waals surface area contributed by atoms with Crippen LogP contribution in [0.1, 0.15) is 22.8 Å². The molecule has 0 spiro atoms. The first-order valence-electron chi connectivity index (χ1n) is 9.63. The first-order valence-corrected chi connectivity index (χ1v) is 9.63. The first-order chi connectivity index (χ1) is 14.2. The molecule has 158 valence electrons. The molecule has 0 saturated carbocycles. The van der Waals surface area contributed by atoms with Crippen LogP contribution in [0.2, 0.25) is 0 Å². The van der Waals surface area contributed by atoms with E-state index in [1.165, 1.54) is 6.20 Å². The molecule has 4 heterocycles. The maximum absolute atomic E-state index is 13.0. The van der Waals surface area contributed by atoms with Crippen LogP contribution in [0.25, 0.3) is 5.82 Å². The van der Waals surface area contributed by atoms with Crippen molar-refractivity contribution in [2.24, 2.45) is 0 Å². The van der Waals surface area contributed by atoms with Crippen molar-refractivity contribution in [1.82, 2.24) is 24.7 Å². The average molecular weight is 417 g/mol. The summed E-state index contributed by atoms with van der Waals surface area (Å²) in [6.07, 6.45) is -3.17. The Morgan fingerprint density at radius 3 is 2.07 bits per heavy atom. The van der Waals surface area contributed by atoms with Crippen LogP contribution in [0.5, 0.6) is 0 Å². The molecule has 3 aromatic rings. The summed E-state index contributed by atoms with van der Waals surface area (Å²) in [7, 11) is 0. The molecular weight excluding hydrogens is 395 g/mol. The summed E-state index contributed by atoms with van der Waals surface area (Å²) in [5.74, 6) is 2.45. The molecule has 0 aliphatic carbocycles. The Balaban J connectivity index is 1.52. The summed E-state index contributed by atoms with van der Waals surface area (Å²) in [6.45, 7) is 8.06. The number of hydrogen-bond donors (Lipinski definition) is 0. The normalized spacial score (nSPS) is 15.0. The molecule has 0 radical (unpaired) electrons. The molecule has 1 aliphatic rings. The summed E-state index contributed by atoms with van der Waals surface area (Å²) in [6, 6.07) is 5.97. The number of halogens is 3. The molecule has 0 atom stereocenters. The van der Waals surface area contributed by atoms with E-state index in [-0.39, 0.29) is 0 Å². The zero-order valence-electron chi connectivity index (χ0n) is 17.0. The fourth-order valence-electron chi connectivity index (χ4n) is 3.60. The fourth-order valence-corrected chi connectivity index (χ4v) is 3.60. The van der Waals surface area contributed by atoms with Gasteiger partial charge >= 0.3 is 6.18 Å². The Morgan fingerprint density at radius 1 is 0.833 bits per heavy atom. The number of pyridine rings is 1. The Kier molecular flexibility index (Phi) is 5.08. The second-order valence-electron chi connectivity index (χ2n) is 7.35. The molecule has 0 N–H and O–H groups in total. The largest absolute Gasteiger partial charge is 0.416 e. The molecule has 0 aromatic carbocycles. The maximum atomic E-state index is 13.0. The third-order valence-electron chi connectivity index (χ3n) is 5.04. The second-order valence-corrected chi connectivity index (χ2v) is 7.35. The summed E-state index contributed by atoms with van der Waals surface area (Å²) >= 11 is 0. The highest BCUT2D eigenvalue weighted by Gasteiger charge is 2.31. The monoisotopic (exact) mass is 417 g/mol. The van der Waals surface area contributed by atoms with E-state index in [0.717, 1.165) is 29.3 Å². The molecule has 1 fully saturated rings. The Bertz CT molecular complexity index is 1050. The third kappa shape index (κ3) is 4.07. The molecule has 30 heavy (non-hydrogen) atoms. The number of aromatic nitrogens is 5. The molecule has 10 heteroatoms. The highest BCUT2D eigenvalue weighted by molar-refractivity contribution is 5.49. The summed E-state index contributed by atoms with van der Waals surface area (Å²) in [4.78, 5) is 17.2. The van der Waals surface area contributed by atoms with Gasteiger partial charge in [0.05, 0.1) is 11.3 Å².